The molecule has 0 atom stereocenters. The normalized spacial score (nSPS) is 10.6. The standard InChI is InChI=1S/C17H15N3O2/c1-11-7-9-12(10-8-11)15(21)19-17-18-14-6-4-3-5-13(14)16(22)20(17)2/h3-10H,1-2H3,(H,18,19,21). The molecule has 1 amide bonds. The molecule has 0 saturated carbocycles. The van der Waals surface area contributed by atoms with Gasteiger partial charge in [0.05, 0.1) is 10.9 Å². The number of nitrogens with zero attached hydrogens (tertiary/aromatic N) is 2. The number of hydrogen-bond acceptors (Lipinski definition) is 3. The van der Waals surface area contributed by atoms with E-state index in [2.05, 4.69) is 10.3 Å². The van der Waals surface area contributed by atoms with Crippen molar-refractivity contribution in [2.75, 3.05) is 5.32 Å². The second kappa shape index (κ2) is 5.44. The molecule has 0 aliphatic heterocycles. The molecule has 110 valence electrons. The maximum Gasteiger partial charge on any atom is 0.262 e. The topological polar surface area (TPSA) is 64.0 Å². The van der Waals surface area contributed by atoms with Crippen LogP contribution in [0.25, 0.3) is 10.9 Å². The molecule has 0 bridgehead atoms. The summed E-state index contributed by atoms with van der Waals surface area (Å²) in [6, 6.07) is 14.3. The number of nitrogens with one attached hydrogen (secondary N) is 1. The van der Waals surface area contributed by atoms with E-state index in [0.717, 1.165) is 5.56 Å². The molecule has 22 heavy (non-hydrogen) atoms. The smallest absolute Gasteiger partial charge is 0.262 e. The number of carbonyl (C=O) groups is 1. The van der Waals surface area contributed by atoms with Gasteiger partial charge in [-0.05, 0) is 31.2 Å². The summed E-state index contributed by atoms with van der Waals surface area (Å²) in [5.41, 5.74) is 1.97. The van der Waals surface area contributed by atoms with Gasteiger partial charge in [-0.1, -0.05) is 29.8 Å². The maximum absolute atomic E-state index is 12.3. The van der Waals surface area contributed by atoms with E-state index in [1.807, 2.05) is 19.1 Å². The number of carbonyl (C=O) groups excluding carboxylic acids is 1. The van der Waals surface area contributed by atoms with E-state index in [9.17, 15) is 9.59 Å². The van der Waals surface area contributed by atoms with Gasteiger partial charge in [0, 0.05) is 12.6 Å². The first-order valence-corrected chi connectivity index (χ1v) is 6.90. The molecule has 3 aromatic rings. The van der Waals surface area contributed by atoms with Gasteiger partial charge in [0.2, 0.25) is 5.95 Å². The lowest BCUT2D eigenvalue weighted by atomic mass is 10.1. The molecule has 0 saturated heterocycles. The summed E-state index contributed by atoms with van der Waals surface area (Å²) < 4.78 is 1.34. The third-order valence-corrected chi connectivity index (χ3v) is 3.52. The van der Waals surface area contributed by atoms with Gasteiger partial charge >= 0.3 is 0 Å². The molecule has 3 rings (SSSR count). The average molecular weight is 293 g/mol. The number of anilines is 1. The van der Waals surface area contributed by atoms with Gasteiger partial charge in [-0.3, -0.25) is 19.5 Å². The lowest BCUT2D eigenvalue weighted by Crippen LogP contribution is -2.25. The zero-order valence-corrected chi connectivity index (χ0v) is 12.3. The van der Waals surface area contributed by atoms with E-state index in [-0.39, 0.29) is 17.4 Å². The third kappa shape index (κ3) is 2.48. The van der Waals surface area contributed by atoms with Gasteiger partial charge in [0.15, 0.2) is 0 Å². The van der Waals surface area contributed by atoms with Gasteiger partial charge in [-0.25, -0.2) is 4.98 Å². The molecular formula is C17H15N3O2. The van der Waals surface area contributed by atoms with Crippen LogP contribution in [-0.2, 0) is 7.05 Å². The van der Waals surface area contributed by atoms with Crippen molar-refractivity contribution >= 4 is 22.8 Å². The SMILES string of the molecule is Cc1ccc(C(=O)Nc2nc3ccccc3c(=O)n2C)cc1. The minimum Gasteiger partial charge on any atom is -0.292 e. The van der Waals surface area contributed by atoms with E-state index in [0.29, 0.717) is 16.5 Å². The van der Waals surface area contributed by atoms with E-state index in [4.69, 9.17) is 0 Å². The predicted octanol–water partition coefficient (Wildman–Crippen LogP) is 2.49. The highest BCUT2D eigenvalue weighted by Gasteiger charge is 2.12. The summed E-state index contributed by atoms with van der Waals surface area (Å²) in [4.78, 5) is 28.9. The van der Waals surface area contributed by atoms with E-state index < -0.39 is 0 Å². The number of hydrogen-bond donors (Lipinski definition) is 1. The summed E-state index contributed by atoms with van der Waals surface area (Å²) in [6.45, 7) is 1.95. The molecular weight excluding hydrogens is 278 g/mol. The van der Waals surface area contributed by atoms with Crippen molar-refractivity contribution in [2.45, 2.75) is 6.92 Å². The lowest BCUT2D eigenvalue weighted by Gasteiger charge is -2.10. The zero-order valence-electron chi connectivity index (χ0n) is 12.3. The van der Waals surface area contributed by atoms with Gasteiger partial charge in [-0.2, -0.15) is 0 Å². The Balaban J connectivity index is 2.00. The fourth-order valence-corrected chi connectivity index (χ4v) is 2.21. The quantitative estimate of drug-likeness (QED) is 0.789. The number of aryl methyl sites for hydroxylation is 1. The number of para-hydroxylation sites is 1. The van der Waals surface area contributed by atoms with Crippen molar-refractivity contribution in [3.05, 3.63) is 70.0 Å². The van der Waals surface area contributed by atoms with Crippen LogP contribution in [0, 0.1) is 6.92 Å². The number of fused-ring (bicyclic) bond motifs is 1. The number of rotatable bonds is 2. The Morgan fingerprint density at radius 1 is 1.09 bits per heavy atom. The van der Waals surface area contributed by atoms with Gasteiger partial charge in [0.25, 0.3) is 11.5 Å². The third-order valence-electron chi connectivity index (χ3n) is 3.52. The molecule has 0 unspecified atom stereocenters. The van der Waals surface area contributed by atoms with Gasteiger partial charge in [-0.15, -0.1) is 0 Å². The first-order valence-electron chi connectivity index (χ1n) is 6.90. The summed E-state index contributed by atoms with van der Waals surface area (Å²) in [6.07, 6.45) is 0. The Hall–Kier alpha value is -2.95. The van der Waals surface area contributed by atoms with Gasteiger partial charge in [0.1, 0.15) is 0 Å². The Bertz CT molecular complexity index is 911. The molecule has 1 aromatic heterocycles. The average Bonchev–Trinajstić information content (AvgIpc) is 2.53. The predicted molar refractivity (Wildman–Crippen MR) is 86.1 cm³/mol. The van der Waals surface area contributed by atoms with Crippen molar-refractivity contribution in [2.24, 2.45) is 7.05 Å². The van der Waals surface area contributed by atoms with Crippen molar-refractivity contribution < 1.29 is 4.79 Å². The number of aromatic nitrogens is 2. The lowest BCUT2D eigenvalue weighted by molar-refractivity contribution is 0.102. The minimum atomic E-state index is -0.294. The first kappa shape index (κ1) is 14.0. The van der Waals surface area contributed by atoms with Crippen molar-refractivity contribution in [3.63, 3.8) is 0 Å². The van der Waals surface area contributed by atoms with Crippen molar-refractivity contribution in [1.29, 1.82) is 0 Å². The van der Waals surface area contributed by atoms with Crippen molar-refractivity contribution in [3.8, 4) is 0 Å². The van der Waals surface area contributed by atoms with Crippen molar-refractivity contribution in [1.82, 2.24) is 9.55 Å². The van der Waals surface area contributed by atoms with E-state index in [1.165, 1.54) is 4.57 Å². The summed E-state index contributed by atoms with van der Waals surface area (Å²) in [5.74, 6) is -0.0629. The number of amides is 1. The molecule has 0 aliphatic carbocycles. The number of benzene rings is 2. The maximum atomic E-state index is 12.3. The Kier molecular flexibility index (Phi) is 3.47. The molecule has 2 aromatic carbocycles. The van der Waals surface area contributed by atoms with Crippen LogP contribution in [0.3, 0.4) is 0 Å². The van der Waals surface area contributed by atoms with Crippen LogP contribution in [0.15, 0.2) is 53.3 Å². The molecule has 0 radical (unpaired) electrons. The largest absolute Gasteiger partial charge is 0.292 e. The van der Waals surface area contributed by atoms with Crippen LogP contribution in [0.1, 0.15) is 15.9 Å². The van der Waals surface area contributed by atoms with Crippen LogP contribution < -0.4 is 10.9 Å². The monoisotopic (exact) mass is 293 g/mol. The van der Waals surface area contributed by atoms with Crippen LogP contribution in [0.5, 0.6) is 0 Å². The molecule has 0 spiro atoms. The first-order chi connectivity index (χ1) is 10.6. The minimum absolute atomic E-state index is 0.190. The van der Waals surface area contributed by atoms with Crippen LogP contribution in [0.4, 0.5) is 5.95 Å². The fourth-order valence-electron chi connectivity index (χ4n) is 2.21. The second-order valence-electron chi connectivity index (χ2n) is 5.14. The molecule has 1 N–H and O–H groups in total. The highest BCUT2D eigenvalue weighted by atomic mass is 16.2. The Morgan fingerprint density at radius 2 is 1.77 bits per heavy atom. The molecule has 5 heteroatoms. The fraction of sp³-hybridized carbons (Fsp3) is 0.118. The van der Waals surface area contributed by atoms with Crippen LogP contribution in [0.2, 0.25) is 0 Å². The molecule has 1 heterocycles. The summed E-state index contributed by atoms with van der Waals surface area (Å²) in [7, 11) is 1.59. The van der Waals surface area contributed by atoms with Crippen LogP contribution in [-0.4, -0.2) is 15.5 Å². The summed E-state index contributed by atoms with van der Waals surface area (Å²) in [5, 5.41) is 3.22. The van der Waals surface area contributed by atoms with E-state index >= 15 is 0 Å². The Morgan fingerprint density at radius 3 is 2.50 bits per heavy atom. The van der Waals surface area contributed by atoms with Gasteiger partial charge < -0.3 is 0 Å². The Labute approximate surface area is 127 Å². The highest BCUT2D eigenvalue weighted by molar-refractivity contribution is 6.03. The highest BCUT2D eigenvalue weighted by Crippen LogP contribution is 2.11. The zero-order chi connectivity index (χ0) is 15.7. The van der Waals surface area contributed by atoms with Crippen LogP contribution >= 0.6 is 0 Å². The summed E-state index contributed by atoms with van der Waals surface area (Å²) >= 11 is 0. The van der Waals surface area contributed by atoms with E-state index in [1.54, 1.807) is 43.4 Å². The molecule has 0 fully saturated rings. The second-order valence-corrected chi connectivity index (χ2v) is 5.14. The molecule has 5 nitrogen and oxygen atoms in total. The molecule has 0 aliphatic rings.